The van der Waals surface area contributed by atoms with E-state index in [1.165, 1.54) is 10.9 Å². The van der Waals surface area contributed by atoms with Gasteiger partial charge in [0.2, 0.25) is 0 Å². The van der Waals surface area contributed by atoms with Gasteiger partial charge in [0.25, 0.3) is 5.91 Å². The molecule has 0 aliphatic rings. The standard InChI is InChI=1S/C22H24N6O/c1-14-8-21(23)26-15(2)19(14)11-24-22(29)18-10-25-28(13-18)12-16-4-5-17-6-7-27(3)20(17)9-16/h4-10,13H,11-12H2,1-3H3,(H2,23,26)(H,24,29). The van der Waals surface area contributed by atoms with Crippen LogP contribution in [0.1, 0.15) is 32.7 Å². The van der Waals surface area contributed by atoms with Gasteiger partial charge in [0.05, 0.1) is 18.3 Å². The molecule has 0 radical (unpaired) electrons. The van der Waals surface area contributed by atoms with E-state index in [2.05, 4.69) is 44.2 Å². The molecule has 1 aromatic carbocycles. The number of anilines is 1. The first-order valence-electron chi connectivity index (χ1n) is 9.48. The molecule has 0 spiro atoms. The maximum Gasteiger partial charge on any atom is 0.254 e. The number of nitrogen functional groups attached to an aromatic ring is 1. The Labute approximate surface area is 169 Å². The molecule has 7 heteroatoms. The first kappa shape index (κ1) is 18.7. The summed E-state index contributed by atoms with van der Waals surface area (Å²) >= 11 is 0. The fourth-order valence-electron chi connectivity index (χ4n) is 3.59. The minimum atomic E-state index is -0.162. The normalized spacial score (nSPS) is 11.1. The molecule has 0 fully saturated rings. The second-order valence-corrected chi connectivity index (χ2v) is 7.36. The maximum atomic E-state index is 12.5. The first-order valence-corrected chi connectivity index (χ1v) is 9.48. The van der Waals surface area contributed by atoms with Crippen LogP contribution in [0.4, 0.5) is 5.82 Å². The zero-order chi connectivity index (χ0) is 20.5. The summed E-state index contributed by atoms with van der Waals surface area (Å²) < 4.78 is 3.87. The predicted molar refractivity (Wildman–Crippen MR) is 114 cm³/mol. The van der Waals surface area contributed by atoms with Gasteiger partial charge in [0, 0.05) is 37.2 Å². The van der Waals surface area contributed by atoms with Gasteiger partial charge in [0.1, 0.15) is 5.82 Å². The number of hydrogen-bond acceptors (Lipinski definition) is 4. The Balaban J connectivity index is 1.44. The van der Waals surface area contributed by atoms with Crippen LogP contribution in [0.5, 0.6) is 0 Å². The molecule has 4 rings (SSSR count). The predicted octanol–water partition coefficient (Wildman–Crippen LogP) is 2.95. The number of carbonyl (C=O) groups excluding carboxylic acids is 1. The topological polar surface area (TPSA) is 90.8 Å². The Hall–Kier alpha value is -3.61. The van der Waals surface area contributed by atoms with E-state index in [0.717, 1.165) is 22.4 Å². The van der Waals surface area contributed by atoms with Crippen molar-refractivity contribution in [2.24, 2.45) is 7.05 Å². The third-order valence-corrected chi connectivity index (χ3v) is 5.19. The largest absolute Gasteiger partial charge is 0.384 e. The lowest BCUT2D eigenvalue weighted by atomic mass is 10.1. The number of rotatable bonds is 5. The van der Waals surface area contributed by atoms with E-state index >= 15 is 0 Å². The van der Waals surface area contributed by atoms with Crippen LogP contribution in [0.3, 0.4) is 0 Å². The highest BCUT2D eigenvalue weighted by Gasteiger charge is 2.12. The lowest BCUT2D eigenvalue weighted by molar-refractivity contribution is 0.0950. The Bertz CT molecular complexity index is 1180. The summed E-state index contributed by atoms with van der Waals surface area (Å²) in [5.41, 5.74) is 11.4. The fraction of sp³-hybridized carbons (Fsp3) is 0.227. The van der Waals surface area contributed by atoms with Gasteiger partial charge in [-0.05, 0) is 54.1 Å². The highest BCUT2D eigenvalue weighted by molar-refractivity contribution is 5.93. The monoisotopic (exact) mass is 388 g/mol. The van der Waals surface area contributed by atoms with Gasteiger partial charge < -0.3 is 15.6 Å². The van der Waals surface area contributed by atoms with Crippen molar-refractivity contribution in [3.8, 4) is 0 Å². The molecule has 148 valence electrons. The van der Waals surface area contributed by atoms with Crippen molar-refractivity contribution >= 4 is 22.6 Å². The van der Waals surface area contributed by atoms with Crippen LogP contribution in [-0.2, 0) is 20.1 Å². The van der Waals surface area contributed by atoms with Crippen LogP contribution in [0.2, 0.25) is 0 Å². The van der Waals surface area contributed by atoms with Gasteiger partial charge in [-0.3, -0.25) is 9.48 Å². The summed E-state index contributed by atoms with van der Waals surface area (Å²) in [6, 6.07) is 10.2. The Morgan fingerprint density at radius 3 is 2.83 bits per heavy atom. The Kier molecular flexibility index (Phi) is 4.80. The summed E-state index contributed by atoms with van der Waals surface area (Å²) in [5.74, 6) is 0.328. The fourth-order valence-corrected chi connectivity index (χ4v) is 3.59. The number of amides is 1. The van der Waals surface area contributed by atoms with E-state index in [4.69, 9.17) is 5.73 Å². The van der Waals surface area contributed by atoms with E-state index in [1.807, 2.05) is 33.2 Å². The zero-order valence-electron chi connectivity index (χ0n) is 16.8. The Morgan fingerprint density at radius 2 is 2.03 bits per heavy atom. The van der Waals surface area contributed by atoms with Crippen molar-refractivity contribution < 1.29 is 4.79 Å². The van der Waals surface area contributed by atoms with Crippen LogP contribution >= 0.6 is 0 Å². The number of nitrogens with zero attached hydrogens (tertiary/aromatic N) is 4. The van der Waals surface area contributed by atoms with Crippen molar-refractivity contribution in [2.45, 2.75) is 26.9 Å². The van der Waals surface area contributed by atoms with E-state index in [9.17, 15) is 4.79 Å². The van der Waals surface area contributed by atoms with Crippen molar-refractivity contribution in [3.63, 3.8) is 0 Å². The van der Waals surface area contributed by atoms with Gasteiger partial charge >= 0.3 is 0 Å². The molecule has 0 saturated heterocycles. The third kappa shape index (κ3) is 3.85. The molecule has 3 aromatic heterocycles. The zero-order valence-corrected chi connectivity index (χ0v) is 16.8. The lowest BCUT2D eigenvalue weighted by Crippen LogP contribution is -2.23. The minimum absolute atomic E-state index is 0.162. The van der Waals surface area contributed by atoms with Gasteiger partial charge in [-0.2, -0.15) is 5.10 Å². The smallest absolute Gasteiger partial charge is 0.254 e. The first-order chi connectivity index (χ1) is 13.9. The number of nitrogens with two attached hydrogens (primary N) is 1. The second kappa shape index (κ2) is 7.43. The highest BCUT2D eigenvalue weighted by Crippen LogP contribution is 2.18. The molecule has 0 saturated carbocycles. The molecule has 29 heavy (non-hydrogen) atoms. The second-order valence-electron chi connectivity index (χ2n) is 7.36. The van der Waals surface area contributed by atoms with Gasteiger partial charge in [-0.1, -0.05) is 12.1 Å². The van der Waals surface area contributed by atoms with Crippen molar-refractivity contribution in [1.29, 1.82) is 0 Å². The maximum absolute atomic E-state index is 12.5. The van der Waals surface area contributed by atoms with Crippen LogP contribution < -0.4 is 11.1 Å². The number of hydrogen-bond donors (Lipinski definition) is 2. The molecular weight excluding hydrogens is 364 g/mol. The highest BCUT2D eigenvalue weighted by atomic mass is 16.1. The molecule has 1 amide bonds. The quantitative estimate of drug-likeness (QED) is 0.550. The molecule has 0 unspecified atom stereocenters. The molecule has 0 aliphatic heterocycles. The van der Waals surface area contributed by atoms with Crippen LogP contribution in [-0.4, -0.2) is 25.2 Å². The summed E-state index contributed by atoms with van der Waals surface area (Å²) in [5, 5.41) is 8.50. The molecule has 0 bridgehead atoms. The van der Waals surface area contributed by atoms with Crippen molar-refractivity contribution in [1.82, 2.24) is 24.6 Å². The summed E-state index contributed by atoms with van der Waals surface area (Å²) in [4.78, 5) is 16.8. The third-order valence-electron chi connectivity index (χ3n) is 5.19. The average Bonchev–Trinajstić information content (AvgIpc) is 3.28. The van der Waals surface area contributed by atoms with Crippen molar-refractivity contribution in [3.05, 3.63) is 76.9 Å². The van der Waals surface area contributed by atoms with Crippen molar-refractivity contribution in [2.75, 3.05) is 5.73 Å². The SMILES string of the molecule is Cc1cc(N)nc(C)c1CNC(=O)c1cnn(Cc2ccc3ccn(C)c3c2)c1. The molecule has 3 N–H and O–H groups in total. The molecule has 0 atom stereocenters. The number of benzene rings is 1. The number of nitrogens with one attached hydrogen (secondary N) is 1. The number of aromatic nitrogens is 4. The summed E-state index contributed by atoms with van der Waals surface area (Å²) in [6.45, 7) is 4.87. The lowest BCUT2D eigenvalue weighted by Gasteiger charge is -2.11. The molecule has 4 aromatic rings. The molecule has 3 heterocycles. The van der Waals surface area contributed by atoms with E-state index < -0.39 is 0 Å². The van der Waals surface area contributed by atoms with Gasteiger partial charge in [0.15, 0.2) is 0 Å². The van der Waals surface area contributed by atoms with E-state index in [0.29, 0.717) is 24.5 Å². The van der Waals surface area contributed by atoms with Gasteiger partial charge in [-0.25, -0.2) is 4.98 Å². The number of carbonyl (C=O) groups is 1. The van der Waals surface area contributed by atoms with Gasteiger partial charge in [-0.15, -0.1) is 0 Å². The van der Waals surface area contributed by atoms with E-state index in [-0.39, 0.29) is 5.91 Å². The molecule has 7 nitrogen and oxygen atoms in total. The summed E-state index contributed by atoms with van der Waals surface area (Å²) in [6.07, 6.45) is 5.41. The molecular formula is C22H24N6O. The average molecular weight is 388 g/mol. The van der Waals surface area contributed by atoms with Crippen LogP contribution in [0, 0.1) is 13.8 Å². The molecule has 0 aliphatic carbocycles. The summed E-state index contributed by atoms with van der Waals surface area (Å²) in [7, 11) is 2.03. The Morgan fingerprint density at radius 1 is 1.21 bits per heavy atom. The number of pyridine rings is 1. The van der Waals surface area contributed by atoms with Crippen LogP contribution in [0.25, 0.3) is 10.9 Å². The van der Waals surface area contributed by atoms with Crippen LogP contribution in [0.15, 0.2) is 48.9 Å². The van der Waals surface area contributed by atoms with E-state index in [1.54, 1.807) is 17.1 Å². The number of aryl methyl sites for hydroxylation is 3. The minimum Gasteiger partial charge on any atom is -0.384 e. The number of fused-ring (bicyclic) bond motifs is 1.